The third kappa shape index (κ3) is 8.90. The van der Waals surface area contributed by atoms with Gasteiger partial charge in [-0.2, -0.15) is 15.3 Å². The summed E-state index contributed by atoms with van der Waals surface area (Å²) in [5, 5.41) is 40.5. The van der Waals surface area contributed by atoms with E-state index in [9.17, 15) is 18.7 Å². The van der Waals surface area contributed by atoms with Gasteiger partial charge in [0.2, 0.25) is 17.8 Å². The highest BCUT2D eigenvalue weighted by Gasteiger charge is 2.27. The Kier molecular flexibility index (Phi) is 11.4. The summed E-state index contributed by atoms with van der Waals surface area (Å²) in [5.41, 5.74) is 5.42. The molecule has 1 aliphatic rings. The molecule has 0 saturated heterocycles. The quantitative estimate of drug-likeness (QED) is 0.112. The van der Waals surface area contributed by atoms with Gasteiger partial charge in [-0.05, 0) is 72.5 Å². The highest BCUT2D eigenvalue weighted by atomic mass is 19.1. The minimum atomic E-state index is -0.448. The lowest BCUT2D eigenvalue weighted by Crippen LogP contribution is -2.22. The standard InChI is InChI=1S/C23H21FN8O2.C23H19FN8O/c1-31-19(7-9-26-31)28-23-25-8-6-18(27-23)15-11-20-29-30-22(32(20)21(34)12-15)16(13-33)10-14-2-4-17(24)5-3-14;1-31-19(7-9-26-31)28-23-25-8-6-18(27-23)15-11-20-29-30-22-16(13-33-21(12-15)32(20)22)10-14-2-4-17(24)5-3-14/h2-9,11-12,16,29,33H,10,13H2,1H3,(H,25,27,28);2-9,11-12,16H,10,13H2,1H3,(H,25,27,28). The Labute approximate surface area is 378 Å². The predicted molar refractivity (Wildman–Crippen MR) is 242 cm³/mol. The molecule has 0 amide bonds. The molecule has 1 aliphatic heterocycles. The van der Waals surface area contributed by atoms with Gasteiger partial charge in [0.15, 0.2) is 5.65 Å². The molecule has 2 aromatic carbocycles. The van der Waals surface area contributed by atoms with E-state index in [-0.39, 0.29) is 29.7 Å². The van der Waals surface area contributed by atoms with Gasteiger partial charge in [0.05, 0.1) is 36.3 Å². The van der Waals surface area contributed by atoms with Crippen molar-refractivity contribution in [1.29, 1.82) is 0 Å². The van der Waals surface area contributed by atoms with Crippen LogP contribution in [-0.2, 0) is 26.9 Å². The zero-order chi connectivity index (χ0) is 46.0. The smallest absolute Gasteiger partial charge is 0.258 e. The summed E-state index contributed by atoms with van der Waals surface area (Å²) in [5.74, 6) is 3.25. The summed E-state index contributed by atoms with van der Waals surface area (Å²) in [4.78, 5) is 30.7. The first-order valence-corrected chi connectivity index (χ1v) is 21.1. The van der Waals surface area contributed by atoms with Crippen molar-refractivity contribution in [3.63, 3.8) is 0 Å². The first-order valence-electron chi connectivity index (χ1n) is 21.1. The van der Waals surface area contributed by atoms with E-state index in [4.69, 9.17) is 4.74 Å². The maximum atomic E-state index is 13.2. The summed E-state index contributed by atoms with van der Waals surface area (Å²) in [6.07, 6.45) is 7.76. The van der Waals surface area contributed by atoms with Crippen LogP contribution in [0.3, 0.4) is 0 Å². The molecule has 0 fully saturated rings. The van der Waals surface area contributed by atoms with E-state index in [0.29, 0.717) is 65.6 Å². The Morgan fingerprint density at radius 3 is 1.96 bits per heavy atom. The number of aliphatic hydroxyl groups excluding tert-OH is 1. The van der Waals surface area contributed by atoms with Crippen molar-refractivity contribution in [1.82, 2.24) is 68.7 Å². The summed E-state index contributed by atoms with van der Waals surface area (Å²) in [6, 6.07) is 26.8. The SMILES string of the molecule is Cn1nccc1Nc1nccc(-c2cc(=O)n3c(C(CO)Cc4ccc(F)cc4)n[nH]c3c2)n1.Cn1nccc1Nc1nccc(-c2cc3n4c(nnc4c2)C(Cc2ccc(F)cc2)CO3)n1. The zero-order valence-corrected chi connectivity index (χ0v) is 35.9. The Morgan fingerprint density at radius 1 is 0.746 bits per heavy atom. The van der Waals surface area contributed by atoms with Gasteiger partial charge in [0.1, 0.15) is 47.2 Å². The van der Waals surface area contributed by atoms with Gasteiger partial charge in [0.25, 0.3) is 5.56 Å². The number of H-pyrrole nitrogens is 1. The molecule has 0 saturated carbocycles. The topological polar surface area (TPSA) is 221 Å². The fraction of sp³-hybridized carbons (Fsp3) is 0.174. The molecule has 19 nitrogen and oxygen atoms in total. The van der Waals surface area contributed by atoms with Gasteiger partial charge in [-0.3, -0.25) is 19.3 Å². The van der Waals surface area contributed by atoms with Crippen LogP contribution in [-0.4, -0.2) is 87.0 Å². The van der Waals surface area contributed by atoms with E-state index in [1.54, 1.807) is 83.7 Å². The van der Waals surface area contributed by atoms with Crippen molar-refractivity contribution in [2.45, 2.75) is 24.7 Å². The Hall–Kier alpha value is -8.72. The van der Waals surface area contributed by atoms with Crippen molar-refractivity contribution in [3.8, 4) is 28.4 Å². The molecule has 336 valence electrons. The van der Waals surface area contributed by atoms with Crippen LogP contribution in [0.4, 0.5) is 32.3 Å². The van der Waals surface area contributed by atoms with Crippen molar-refractivity contribution < 1.29 is 18.6 Å². The molecular formula is C46H40F2N16O3. The van der Waals surface area contributed by atoms with Crippen LogP contribution >= 0.6 is 0 Å². The molecule has 0 bridgehead atoms. The molecule has 4 N–H and O–H groups in total. The normalized spacial score (nSPS) is 13.5. The summed E-state index contributed by atoms with van der Waals surface area (Å²) < 4.78 is 39.3. The van der Waals surface area contributed by atoms with Crippen molar-refractivity contribution in [3.05, 3.63) is 167 Å². The number of benzene rings is 2. The van der Waals surface area contributed by atoms with Crippen LogP contribution in [0.2, 0.25) is 0 Å². The van der Waals surface area contributed by atoms with Gasteiger partial charge in [-0.15, -0.1) is 10.2 Å². The number of ether oxygens (including phenoxy) is 1. The number of aromatic amines is 1. The molecule has 11 rings (SSSR count). The van der Waals surface area contributed by atoms with Gasteiger partial charge < -0.3 is 20.5 Å². The van der Waals surface area contributed by atoms with Crippen LogP contribution in [0.1, 0.15) is 34.6 Å². The molecule has 9 heterocycles. The molecule has 2 atom stereocenters. The van der Waals surface area contributed by atoms with Gasteiger partial charge in [-0.25, -0.2) is 37.5 Å². The first-order chi connectivity index (χ1) is 32.6. The average Bonchev–Trinajstić information content (AvgIpc) is 4.17. The minimum absolute atomic E-state index is 0.0255. The molecule has 10 aromatic rings. The number of rotatable bonds is 12. The fourth-order valence-corrected chi connectivity index (χ4v) is 7.84. The van der Waals surface area contributed by atoms with E-state index in [0.717, 1.165) is 39.8 Å². The van der Waals surface area contributed by atoms with E-state index in [2.05, 4.69) is 61.2 Å². The third-order valence-corrected chi connectivity index (χ3v) is 11.2. The Balaban J connectivity index is 0.000000157. The molecule has 21 heteroatoms. The molecular weight excluding hydrogens is 863 g/mol. The third-order valence-electron chi connectivity index (χ3n) is 11.2. The van der Waals surface area contributed by atoms with Crippen LogP contribution in [0, 0.1) is 11.6 Å². The van der Waals surface area contributed by atoms with Gasteiger partial charge in [0, 0.05) is 67.8 Å². The van der Waals surface area contributed by atoms with Gasteiger partial charge >= 0.3 is 0 Å². The van der Waals surface area contributed by atoms with Gasteiger partial charge in [-0.1, -0.05) is 24.3 Å². The molecule has 0 spiro atoms. The maximum Gasteiger partial charge on any atom is 0.258 e. The number of hydrogen-bond donors (Lipinski definition) is 4. The number of pyridine rings is 2. The van der Waals surface area contributed by atoms with Crippen LogP contribution in [0.25, 0.3) is 33.8 Å². The number of nitrogens with one attached hydrogen (secondary N) is 3. The second-order valence-electron chi connectivity index (χ2n) is 15.7. The number of aliphatic hydroxyl groups is 1. The largest absolute Gasteiger partial charge is 0.478 e. The second kappa shape index (κ2) is 18.0. The molecule has 0 aliphatic carbocycles. The van der Waals surface area contributed by atoms with Crippen LogP contribution in [0.15, 0.2) is 127 Å². The summed E-state index contributed by atoms with van der Waals surface area (Å²) >= 11 is 0. The summed E-state index contributed by atoms with van der Waals surface area (Å²) in [7, 11) is 3.64. The number of nitrogens with zero attached hydrogens (tertiary/aromatic N) is 13. The van der Waals surface area contributed by atoms with E-state index in [1.165, 1.54) is 34.7 Å². The number of aromatic nitrogens is 14. The first kappa shape index (κ1) is 42.2. The highest BCUT2D eigenvalue weighted by molar-refractivity contribution is 5.68. The Bertz CT molecular complexity index is 3420. The predicted octanol–water partition coefficient (Wildman–Crippen LogP) is 5.94. The van der Waals surface area contributed by atoms with Crippen molar-refractivity contribution in [2.75, 3.05) is 23.8 Å². The minimum Gasteiger partial charge on any atom is -0.478 e. The fourth-order valence-electron chi connectivity index (χ4n) is 7.84. The van der Waals surface area contributed by atoms with Crippen LogP contribution in [0.5, 0.6) is 5.88 Å². The van der Waals surface area contributed by atoms with E-state index >= 15 is 0 Å². The summed E-state index contributed by atoms with van der Waals surface area (Å²) in [6.45, 7) is 0.242. The van der Waals surface area contributed by atoms with E-state index in [1.807, 2.05) is 35.7 Å². The zero-order valence-electron chi connectivity index (χ0n) is 35.9. The van der Waals surface area contributed by atoms with E-state index < -0.39 is 5.92 Å². The van der Waals surface area contributed by atoms with Crippen LogP contribution < -0.4 is 20.9 Å². The molecule has 8 aromatic heterocycles. The molecule has 2 unspecified atom stereocenters. The van der Waals surface area contributed by atoms with Crippen molar-refractivity contribution in [2.24, 2.45) is 14.1 Å². The highest BCUT2D eigenvalue weighted by Crippen LogP contribution is 2.33. The maximum absolute atomic E-state index is 13.2. The lowest BCUT2D eigenvalue weighted by atomic mass is 9.98. The number of anilines is 4. The molecule has 67 heavy (non-hydrogen) atoms. The number of fused-ring (bicyclic) bond motifs is 1. The lowest BCUT2D eigenvalue weighted by Gasteiger charge is -2.23. The molecule has 0 radical (unpaired) electrons. The Morgan fingerprint density at radius 2 is 1.36 bits per heavy atom. The average molecular weight is 903 g/mol. The number of halogens is 2. The monoisotopic (exact) mass is 902 g/mol. The van der Waals surface area contributed by atoms with Crippen molar-refractivity contribution >= 4 is 34.8 Å². The number of hydrogen-bond acceptors (Lipinski definition) is 14. The second-order valence-corrected chi connectivity index (χ2v) is 15.7. The lowest BCUT2D eigenvalue weighted by molar-refractivity contribution is 0.245. The number of aryl methyl sites for hydroxylation is 2.